The fourth-order valence-electron chi connectivity index (χ4n) is 2.34. The molecule has 21 heavy (non-hydrogen) atoms. The molecule has 0 aromatic heterocycles. The molecule has 1 aliphatic rings. The van der Waals surface area contributed by atoms with Gasteiger partial charge in [0.05, 0.1) is 6.54 Å². The molecule has 1 aromatic carbocycles. The molecule has 1 aromatic rings. The van der Waals surface area contributed by atoms with Gasteiger partial charge in [0.1, 0.15) is 0 Å². The number of benzene rings is 1. The third-order valence-electron chi connectivity index (χ3n) is 3.59. The zero-order chi connectivity index (χ0) is 14.9. The summed E-state index contributed by atoms with van der Waals surface area (Å²) < 4.78 is 0. The first-order valence-corrected chi connectivity index (χ1v) is 8.55. The Kier molecular flexibility index (Phi) is 6.65. The van der Waals surface area contributed by atoms with Crippen molar-refractivity contribution in [2.45, 2.75) is 25.8 Å². The molecule has 0 radical (unpaired) electrons. The van der Waals surface area contributed by atoms with Crippen LogP contribution in [0.2, 0.25) is 0 Å². The predicted molar refractivity (Wildman–Crippen MR) is 88.9 cm³/mol. The summed E-state index contributed by atoms with van der Waals surface area (Å²) in [6, 6.07) is 7.92. The van der Waals surface area contributed by atoms with Crippen LogP contribution in [0.4, 0.5) is 0 Å². The Morgan fingerprint density at radius 3 is 2.67 bits per heavy atom. The summed E-state index contributed by atoms with van der Waals surface area (Å²) in [6.45, 7) is 0.961. The lowest BCUT2D eigenvalue weighted by Gasteiger charge is -2.20. The van der Waals surface area contributed by atoms with E-state index in [1.54, 1.807) is 0 Å². The lowest BCUT2D eigenvalue weighted by Crippen LogP contribution is -2.26. The highest BCUT2D eigenvalue weighted by molar-refractivity contribution is 7.99. The van der Waals surface area contributed by atoms with Crippen LogP contribution in [0.3, 0.4) is 0 Å². The lowest BCUT2D eigenvalue weighted by atomic mass is 9.98. The fourth-order valence-corrected chi connectivity index (χ4v) is 3.55. The normalized spacial score (nSPS) is 15.1. The van der Waals surface area contributed by atoms with Crippen molar-refractivity contribution in [3.05, 3.63) is 35.4 Å². The molecule has 1 heterocycles. The van der Waals surface area contributed by atoms with Crippen LogP contribution < -0.4 is 11.1 Å². The molecule has 1 saturated heterocycles. The molecule has 112 valence electrons. The first-order chi connectivity index (χ1) is 10.3. The summed E-state index contributed by atoms with van der Waals surface area (Å²) in [5.74, 6) is 8.94. The van der Waals surface area contributed by atoms with Gasteiger partial charge in [-0.15, -0.1) is 0 Å². The van der Waals surface area contributed by atoms with Crippen molar-refractivity contribution >= 4 is 17.7 Å². The third kappa shape index (κ3) is 5.82. The predicted octanol–water partition coefficient (Wildman–Crippen LogP) is 2.15. The van der Waals surface area contributed by atoms with Crippen LogP contribution in [-0.4, -0.2) is 24.0 Å². The van der Waals surface area contributed by atoms with Gasteiger partial charge in [-0.05, 0) is 48.0 Å². The number of nitrogens with one attached hydrogen (secondary N) is 1. The van der Waals surface area contributed by atoms with Gasteiger partial charge in [-0.1, -0.05) is 24.0 Å². The van der Waals surface area contributed by atoms with E-state index in [1.807, 2.05) is 36.0 Å². The molecule has 3 N–H and O–H groups in total. The number of nitrogens with two attached hydrogens (primary N) is 1. The zero-order valence-corrected chi connectivity index (χ0v) is 13.0. The minimum atomic E-state index is 0.166. The highest BCUT2D eigenvalue weighted by Gasteiger charge is 2.16. The van der Waals surface area contributed by atoms with E-state index >= 15 is 0 Å². The first kappa shape index (κ1) is 15.9. The number of carbonyl (C=O) groups is 1. The summed E-state index contributed by atoms with van der Waals surface area (Å²) >= 11 is 1.99. The van der Waals surface area contributed by atoms with Crippen LogP contribution >= 0.6 is 11.8 Å². The number of amides is 1. The van der Waals surface area contributed by atoms with Gasteiger partial charge in [0, 0.05) is 18.5 Å². The number of thioether (sulfide) groups is 1. The molecule has 4 heteroatoms. The molecule has 2 rings (SSSR count). The van der Waals surface area contributed by atoms with Gasteiger partial charge in [0.2, 0.25) is 5.91 Å². The van der Waals surface area contributed by atoms with Gasteiger partial charge >= 0.3 is 0 Å². The quantitative estimate of drug-likeness (QED) is 0.838. The Labute approximate surface area is 131 Å². The largest absolute Gasteiger partial charge is 0.352 e. The molecule has 0 atom stereocenters. The molecule has 3 nitrogen and oxygen atoms in total. The van der Waals surface area contributed by atoms with Crippen LogP contribution in [0.25, 0.3) is 0 Å². The zero-order valence-electron chi connectivity index (χ0n) is 12.2. The Hall–Kier alpha value is -1.44. The Morgan fingerprint density at radius 2 is 2.00 bits per heavy atom. The van der Waals surface area contributed by atoms with Gasteiger partial charge in [-0.3, -0.25) is 4.79 Å². The van der Waals surface area contributed by atoms with Crippen LogP contribution in [0.5, 0.6) is 0 Å². The smallest absolute Gasteiger partial charge is 0.220 e. The highest BCUT2D eigenvalue weighted by Crippen LogP contribution is 2.25. The van der Waals surface area contributed by atoms with E-state index in [0.29, 0.717) is 25.4 Å². The van der Waals surface area contributed by atoms with Crippen molar-refractivity contribution in [1.29, 1.82) is 0 Å². The second-order valence-corrected chi connectivity index (χ2v) is 6.46. The van der Waals surface area contributed by atoms with Crippen molar-refractivity contribution < 1.29 is 4.79 Å². The molecule has 1 fully saturated rings. The summed E-state index contributed by atoms with van der Waals surface area (Å²) in [6.07, 6.45) is 3.01. The number of hydrogen-bond acceptors (Lipinski definition) is 3. The molecule has 1 amide bonds. The van der Waals surface area contributed by atoms with Crippen molar-refractivity contribution in [3.8, 4) is 11.8 Å². The van der Waals surface area contributed by atoms with Gasteiger partial charge < -0.3 is 11.1 Å². The standard InChI is InChI=1S/C17H22N2OS/c18-9-1-2-14-3-5-16(6-4-14)13-19-17(20)12-15-7-10-21-11-8-15/h3-6,15H,7-13,18H2,(H,19,20). The summed E-state index contributed by atoms with van der Waals surface area (Å²) in [4.78, 5) is 11.9. The van der Waals surface area contributed by atoms with E-state index in [1.165, 1.54) is 24.3 Å². The van der Waals surface area contributed by atoms with Gasteiger partial charge in [0.25, 0.3) is 0 Å². The molecular weight excluding hydrogens is 280 g/mol. The first-order valence-electron chi connectivity index (χ1n) is 7.40. The van der Waals surface area contributed by atoms with Gasteiger partial charge in [-0.25, -0.2) is 0 Å². The maximum Gasteiger partial charge on any atom is 0.220 e. The maximum absolute atomic E-state index is 11.9. The molecule has 1 aliphatic heterocycles. The number of carbonyl (C=O) groups excluding carboxylic acids is 1. The van der Waals surface area contributed by atoms with E-state index in [-0.39, 0.29) is 5.91 Å². The summed E-state index contributed by atoms with van der Waals surface area (Å²) in [7, 11) is 0. The monoisotopic (exact) mass is 302 g/mol. The Balaban J connectivity index is 1.75. The van der Waals surface area contributed by atoms with E-state index in [2.05, 4.69) is 17.2 Å². The van der Waals surface area contributed by atoms with Crippen LogP contribution in [0, 0.1) is 17.8 Å². The van der Waals surface area contributed by atoms with Gasteiger partial charge in [-0.2, -0.15) is 11.8 Å². The van der Waals surface area contributed by atoms with Crippen LogP contribution in [-0.2, 0) is 11.3 Å². The highest BCUT2D eigenvalue weighted by atomic mass is 32.2. The van der Waals surface area contributed by atoms with Gasteiger partial charge in [0.15, 0.2) is 0 Å². The SMILES string of the molecule is NCC#Cc1ccc(CNC(=O)CC2CCSCC2)cc1. The van der Waals surface area contributed by atoms with E-state index in [4.69, 9.17) is 5.73 Å². The van der Waals surface area contributed by atoms with Crippen LogP contribution in [0.15, 0.2) is 24.3 Å². The molecule has 0 aliphatic carbocycles. The molecule has 0 saturated carbocycles. The van der Waals surface area contributed by atoms with E-state index in [0.717, 1.165) is 11.1 Å². The second-order valence-electron chi connectivity index (χ2n) is 5.24. The molecule has 0 unspecified atom stereocenters. The minimum absolute atomic E-state index is 0.166. The van der Waals surface area contributed by atoms with E-state index < -0.39 is 0 Å². The topological polar surface area (TPSA) is 55.1 Å². The molecule has 0 bridgehead atoms. The minimum Gasteiger partial charge on any atom is -0.352 e. The van der Waals surface area contributed by atoms with E-state index in [9.17, 15) is 4.79 Å². The maximum atomic E-state index is 11.9. The summed E-state index contributed by atoms with van der Waals surface area (Å²) in [5.41, 5.74) is 7.39. The molecule has 0 spiro atoms. The van der Waals surface area contributed by atoms with Crippen LogP contribution in [0.1, 0.15) is 30.4 Å². The van der Waals surface area contributed by atoms with Crippen molar-refractivity contribution in [3.63, 3.8) is 0 Å². The Bertz CT molecular complexity index is 510. The molecular formula is C17H22N2OS. The number of hydrogen-bond donors (Lipinski definition) is 2. The second kappa shape index (κ2) is 8.76. The number of rotatable bonds is 4. The fraction of sp³-hybridized carbons (Fsp3) is 0.471. The average molecular weight is 302 g/mol. The van der Waals surface area contributed by atoms with Crippen molar-refractivity contribution in [2.75, 3.05) is 18.1 Å². The van der Waals surface area contributed by atoms with Crippen molar-refractivity contribution in [1.82, 2.24) is 5.32 Å². The average Bonchev–Trinajstić information content (AvgIpc) is 2.53. The Morgan fingerprint density at radius 1 is 1.29 bits per heavy atom. The third-order valence-corrected chi connectivity index (χ3v) is 4.64. The van der Waals surface area contributed by atoms with Crippen molar-refractivity contribution in [2.24, 2.45) is 11.7 Å². The summed E-state index contributed by atoms with van der Waals surface area (Å²) in [5, 5.41) is 3.01. The lowest BCUT2D eigenvalue weighted by molar-refractivity contribution is -0.122.